The van der Waals surface area contributed by atoms with Gasteiger partial charge in [-0.05, 0) is 12.5 Å². The second-order valence-corrected chi connectivity index (χ2v) is 4.37. The van der Waals surface area contributed by atoms with Crippen molar-refractivity contribution in [2.75, 3.05) is 11.4 Å². The van der Waals surface area contributed by atoms with Gasteiger partial charge < -0.3 is 10.2 Å². The van der Waals surface area contributed by atoms with Crippen molar-refractivity contribution in [1.29, 1.82) is 0 Å². The van der Waals surface area contributed by atoms with Gasteiger partial charge in [0, 0.05) is 38.8 Å². The predicted molar refractivity (Wildman–Crippen MR) is 65.3 cm³/mol. The molecule has 3 amide bonds. The molecule has 1 N–H and O–H groups in total. The molecule has 0 saturated carbocycles. The second-order valence-electron chi connectivity index (χ2n) is 4.37. The number of nitrogens with zero attached hydrogens (tertiary/aromatic N) is 3. The van der Waals surface area contributed by atoms with Crippen LogP contribution in [0, 0.1) is 12.7 Å². The smallest absolute Gasteiger partial charge is 0.329 e. The molecule has 1 saturated heterocycles. The molecule has 3 rings (SSSR count). The second kappa shape index (κ2) is 5.31. The number of anilines is 1. The third kappa shape index (κ3) is 2.21. The van der Waals surface area contributed by atoms with Crippen molar-refractivity contribution >= 4 is 28.7 Å². The number of aryl methyl sites for hydroxylation is 1. The molecule has 1 fully saturated rings. The Morgan fingerprint density at radius 3 is 2.85 bits per heavy atom. The van der Waals surface area contributed by atoms with Crippen LogP contribution in [0.4, 0.5) is 15.0 Å². The Labute approximate surface area is 127 Å². The summed E-state index contributed by atoms with van der Waals surface area (Å²) in [6, 6.07) is 2.73. The van der Waals surface area contributed by atoms with Gasteiger partial charge in [0.15, 0.2) is 0 Å². The van der Waals surface area contributed by atoms with Gasteiger partial charge in [-0.3, -0.25) is 15.0 Å². The summed E-state index contributed by atoms with van der Waals surface area (Å²) in [6.07, 6.45) is 0.189. The minimum atomic E-state index is -0.556. The van der Waals surface area contributed by atoms with Gasteiger partial charge in [-0.2, -0.15) is 0 Å². The van der Waals surface area contributed by atoms with Crippen LogP contribution in [0.1, 0.15) is 12.0 Å². The van der Waals surface area contributed by atoms with Crippen LogP contribution >= 0.6 is 0 Å². The van der Waals surface area contributed by atoms with Crippen LogP contribution in [0.25, 0.3) is 10.9 Å². The van der Waals surface area contributed by atoms with Crippen molar-refractivity contribution in [3.05, 3.63) is 23.5 Å². The van der Waals surface area contributed by atoms with E-state index in [0.29, 0.717) is 10.9 Å². The van der Waals surface area contributed by atoms with Crippen LogP contribution in [-0.2, 0) is 25.2 Å². The van der Waals surface area contributed by atoms with Crippen molar-refractivity contribution < 1.29 is 34.4 Å². The molecule has 8 heteroatoms. The maximum Gasteiger partial charge on any atom is 0.329 e. The minimum Gasteiger partial charge on any atom is -0.571 e. The topological polar surface area (TPSA) is 76.4 Å². The van der Waals surface area contributed by atoms with Crippen LogP contribution < -0.4 is 15.3 Å². The normalized spacial score (nSPS) is 15.2. The number of hydrogen-bond donors (Lipinski definition) is 1. The monoisotopic (exact) mass is 448 g/mol. The molecule has 2 heterocycles. The Morgan fingerprint density at radius 1 is 1.40 bits per heavy atom. The quantitative estimate of drug-likeness (QED) is 0.710. The average Bonchev–Trinajstić information content (AvgIpc) is 2.78. The first-order valence-electron chi connectivity index (χ1n) is 5.77. The zero-order chi connectivity index (χ0) is 13.6. The molecule has 6 nitrogen and oxygen atoms in total. The van der Waals surface area contributed by atoms with E-state index < -0.39 is 11.8 Å². The Morgan fingerprint density at radius 2 is 2.15 bits per heavy atom. The SMILES string of the molecule is Cc1ccc2c(N3CCC(=O)NC3=O)n[n-]c2c1F.[Re]. The van der Waals surface area contributed by atoms with E-state index >= 15 is 0 Å². The van der Waals surface area contributed by atoms with Gasteiger partial charge in [0.25, 0.3) is 0 Å². The molecule has 1 aromatic heterocycles. The summed E-state index contributed by atoms with van der Waals surface area (Å²) in [5.41, 5.74) is 0.608. The van der Waals surface area contributed by atoms with Crippen molar-refractivity contribution in [3.8, 4) is 0 Å². The summed E-state index contributed by atoms with van der Waals surface area (Å²) in [4.78, 5) is 24.1. The molecule has 0 unspecified atom stereocenters. The maximum atomic E-state index is 13.9. The molecule has 1 aromatic carbocycles. The van der Waals surface area contributed by atoms with Gasteiger partial charge >= 0.3 is 6.03 Å². The fourth-order valence-corrected chi connectivity index (χ4v) is 2.06. The number of aromatic nitrogens is 2. The van der Waals surface area contributed by atoms with Crippen LogP contribution in [0.15, 0.2) is 12.1 Å². The summed E-state index contributed by atoms with van der Waals surface area (Å²) >= 11 is 0. The fraction of sp³-hybridized carbons (Fsp3) is 0.250. The number of nitrogens with one attached hydrogen (secondary N) is 1. The van der Waals surface area contributed by atoms with Gasteiger partial charge in [0.05, 0.1) is 0 Å². The van der Waals surface area contributed by atoms with Crippen molar-refractivity contribution in [1.82, 2.24) is 15.5 Å². The number of carbonyl (C=O) groups excluding carboxylic acids is 2. The average molecular weight is 447 g/mol. The minimum absolute atomic E-state index is 0. The van der Waals surface area contributed by atoms with Crippen molar-refractivity contribution in [2.24, 2.45) is 0 Å². The fourth-order valence-electron chi connectivity index (χ4n) is 2.06. The molecule has 1 aliphatic rings. The largest absolute Gasteiger partial charge is 0.571 e. The first-order valence-corrected chi connectivity index (χ1v) is 5.77. The van der Waals surface area contributed by atoms with Gasteiger partial charge in [-0.15, -0.1) is 0 Å². The molecule has 0 spiro atoms. The Bertz CT molecular complexity index is 700. The zero-order valence-electron chi connectivity index (χ0n) is 10.5. The standard InChI is InChI=1S/C12H11FN4O2.Re/c1-6-2-3-7-10(9(6)13)15-16-11(7)17-5-4-8(18)14-12(17)19;/h2-3H,4-5H2,1H3,(H2,14,15,16,18,19);/p-1. The van der Waals surface area contributed by atoms with Crippen LogP contribution in [0.2, 0.25) is 0 Å². The summed E-state index contributed by atoms with van der Waals surface area (Å²) in [7, 11) is 0. The van der Waals surface area contributed by atoms with Gasteiger partial charge in [-0.25, -0.2) is 9.18 Å². The molecule has 0 atom stereocenters. The van der Waals surface area contributed by atoms with Crippen LogP contribution in [-0.4, -0.2) is 23.6 Å². The van der Waals surface area contributed by atoms with E-state index in [4.69, 9.17) is 0 Å². The van der Waals surface area contributed by atoms with E-state index in [1.54, 1.807) is 19.1 Å². The van der Waals surface area contributed by atoms with Crippen LogP contribution in [0.5, 0.6) is 0 Å². The first kappa shape index (κ1) is 14.6. The number of rotatable bonds is 1. The Kier molecular flexibility index (Phi) is 3.88. The number of benzene rings is 1. The summed E-state index contributed by atoms with van der Waals surface area (Å²) in [5.74, 6) is -0.490. The Balaban J connectivity index is 0.00000147. The van der Waals surface area contributed by atoms with E-state index in [1.807, 2.05) is 0 Å². The number of halogens is 1. The van der Waals surface area contributed by atoms with Crippen molar-refractivity contribution in [2.45, 2.75) is 13.3 Å². The number of imide groups is 1. The van der Waals surface area contributed by atoms with Gasteiger partial charge in [0.1, 0.15) is 11.6 Å². The molecule has 2 aromatic rings. The van der Waals surface area contributed by atoms with Crippen LogP contribution in [0.3, 0.4) is 0 Å². The van der Waals surface area contributed by atoms with E-state index in [9.17, 15) is 14.0 Å². The Hall–Kier alpha value is -1.78. The van der Waals surface area contributed by atoms with Gasteiger partial charge in [0.2, 0.25) is 5.91 Å². The predicted octanol–water partition coefficient (Wildman–Crippen LogP) is 1.08. The molecule has 105 valence electrons. The molecule has 0 aliphatic carbocycles. The summed E-state index contributed by atoms with van der Waals surface area (Å²) in [6.45, 7) is 1.85. The zero-order valence-corrected chi connectivity index (χ0v) is 13.2. The molecule has 1 radical (unpaired) electrons. The van der Waals surface area contributed by atoms with E-state index in [-0.39, 0.29) is 50.6 Å². The van der Waals surface area contributed by atoms with Crippen molar-refractivity contribution in [3.63, 3.8) is 0 Å². The van der Waals surface area contributed by atoms with Gasteiger partial charge in [-0.1, -0.05) is 17.6 Å². The number of fused-ring (bicyclic) bond motifs is 1. The van der Waals surface area contributed by atoms with E-state index in [2.05, 4.69) is 15.5 Å². The number of amides is 3. The number of urea groups is 1. The first-order chi connectivity index (χ1) is 9.08. The third-order valence-electron chi connectivity index (χ3n) is 3.10. The summed E-state index contributed by atoms with van der Waals surface area (Å²) < 4.78 is 13.9. The number of carbonyl (C=O) groups is 2. The maximum absolute atomic E-state index is 13.9. The third-order valence-corrected chi connectivity index (χ3v) is 3.10. The molecule has 1 aliphatic heterocycles. The number of hydrogen-bond acceptors (Lipinski definition) is 3. The molecule has 20 heavy (non-hydrogen) atoms. The molecular formula is C12H10FN4O2Re-. The van der Waals surface area contributed by atoms with E-state index in [1.165, 1.54) is 4.90 Å². The molecular weight excluding hydrogens is 437 g/mol. The molecule has 0 bridgehead atoms. The summed E-state index contributed by atoms with van der Waals surface area (Å²) in [5, 5.41) is 10.3. The van der Waals surface area contributed by atoms with E-state index in [0.717, 1.165) is 0 Å².